The van der Waals surface area contributed by atoms with E-state index < -0.39 is 0 Å². The molecule has 150 valence electrons. The first-order valence-electron chi connectivity index (χ1n) is 11.3. The zero-order valence-electron chi connectivity index (χ0n) is 17.8. The number of aldehydes is 1. The van der Waals surface area contributed by atoms with Crippen LogP contribution in [0.25, 0.3) is 0 Å². The van der Waals surface area contributed by atoms with Crippen molar-refractivity contribution in [3.63, 3.8) is 0 Å². The lowest BCUT2D eigenvalue weighted by atomic mass is 9.38. The summed E-state index contributed by atoms with van der Waals surface area (Å²) in [5.74, 6) is 2.38. The molecule has 0 spiro atoms. The maximum Gasteiger partial charge on any atom is 0.123 e. The first-order valence-corrected chi connectivity index (χ1v) is 11.3. The second-order valence-electron chi connectivity index (χ2n) is 11.2. The summed E-state index contributed by atoms with van der Waals surface area (Å²) in [6, 6.07) is 2.08. The molecule has 0 aliphatic heterocycles. The summed E-state index contributed by atoms with van der Waals surface area (Å²) in [5.41, 5.74) is 2.52. The summed E-state index contributed by atoms with van der Waals surface area (Å²) in [6.07, 6.45) is 16.3. The number of carbonyl (C=O) groups is 1. The van der Waals surface area contributed by atoms with E-state index in [1.54, 1.807) is 6.26 Å². The van der Waals surface area contributed by atoms with Gasteiger partial charge in [-0.2, -0.15) is 0 Å². The van der Waals surface area contributed by atoms with E-state index in [-0.39, 0.29) is 5.92 Å². The third kappa shape index (κ3) is 3.02. The first-order chi connectivity index (χ1) is 12.8. The lowest BCUT2D eigenvalue weighted by Crippen LogP contribution is -2.59. The average Bonchev–Trinajstić information content (AvgIpc) is 3.12. The summed E-state index contributed by atoms with van der Waals surface area (Å²) >= 11 is 0. The Hall–Kier alpha value is -1.05. The molecule has 0 radical (unpaired) electrons. The largest absolute Gasteiger partial charge is 0.472 e. The molecule has 3 saturated carbocycles. The van der Waals surface area contributed by atoms with Crippen LogP contribution in [0.1, 0.15) is 84.6 Å². The van der Waals surface area contributed by atoms with Crippen molar-refractivity contribution in [2.24, 2.45) is 39.9 Å². The lowest BCUT2D eigenvalue weighted by molar-refractivity contribution is -0.176. The van der Waals surface area contributed by atoms with Gasteiger partial charge in [-0.15, -0.1) is 0 Å². The molecule has 0 bridgehead atoms. The van der Waals surface area contributed by atoms with Crippen LogP contribution in [0.2, 0.25) is 0 Å². The third-order valence-electron chi connectivity index (χ3n) is 9.49. The van der Waals surface area contributed by atoms with Gasteiger partial charge in [-0.1, -0.05) is 34.1 Å². The second-order valence-corrected chi connectivity index (χ2v) is 11.2. The molecule has 3 aliphatic rings. The summed E-state index contributed by atoms with van der Waals surface area (Å²) in [7, 11) is 0. The molecule has 2 nitrogen and oxygen atoms in total. The fraction of sp³-hybridized carbons (Fsp3) is 0.800. The SMILES string of the molecule is CC1(C)CCC[C@@]2(C)C1CC[C@@]1(C)C2CC[C@H](C=O)[C@@H]1CCc1ccoc1. The van der Waals surface area contributed by atoms with Gasteiger partial charge in [0.2, 0.25) is 0 Å². The zero-order chi connectivity index (χ0) is 19.3. The monoisotopic (exact) mass is 370 g/mol. The van der Waals surface area contributed by atoms with Crippen molar-refractivity contribution in [2.75, 3.05) is 0 Å². The number of aryl methyl sites for hydroxylation is 1. The maximum atomic E-state index is 12.0. The fourth-order valence-corrected chi connectivity index (χ4v) is 8.30. The molecule has 1 heterocycles. The van der Waals surface area contributed by atoms with Gasteiger partial charge < -0.3 is 9.21 Å². The van der Waals surface area contributed by atoms with Gasteiger partial charge in [0.25, 0.3) is 0 Å². The minimum atomic E-state index is 0.245. The van der Waals surface area contributed by atoms with Gasteiger partial charge >= 0.3 is 0 Å². The Morgan fingerprint density at radius 1 is 1.04 bits per heavy atom. The molecule has 2 unspecified atom stereocenters. The van der Waals surface area contributed by atoms with Crippen molar-refractivity contribution in [3.05, 3.63) is 24.2 Å². The second kappa shape index (κ2) is 6.78. The van der Waals surface area contributed by atoms with Crippen LogP contribution < -0.4 is 0 Å². The molecule has 3 fully saturated rings. The van der Waals surface area contributed by atoms with Crippen molar-refractivity contribution in [3.8, 4) is 0 Å². The Bertz CT molecular complexity index is 660. The molecule has 1 aromatic rings. The molecule has 2 heteroatoms. The number of hydrogen-bond donors (Lipinski definition) is 0. The number of rotatable bonds is 4. The summed E-state index contributed by atoms with van der Waals surface area (Å²) in [6.45, 7) is 10.2. The molecule has 0 N–H and O–H groups in total. The van der Waals surface area contributed by atoms with Gasteiger partial charge in [0.05, 0.1) is 12.5 Å². The van der Waals surface area contributed by atoms with Crippen molar-refractivity contribution in [1.82, 2.24) is 0 Å². The molecule has 27 heavy (non-hydrogen) atoms. The third-order valence-corrected chi connectivity index (χ3v) is 9.49. The van der Waals surface area contributed by atoms with Crippen LogP contribution in [0.15, 0.2) is 23.0 Å². The summed E-state index contributed by atoms with van der Waals surface area (Å²) in [4.78, 5) is 12.0. The average molecular weight is 371 g/mol. The van der Waals surface area contributed by atoms with E-state index in [0.717, 1.165) is 31.1 Å². The van der Waals surface area contributed by atoms with E-state index >= 15 is 0 Å². The Kier molecular flexibility index (Phi) is 4.84. The van der Waals surface area contributed by atoms with E-state index in [9.17, 15) is 4.79 Å². The molecular weight excluding hydrogens is 332 g/mol. The van der Waals surface area contributed by atoms with Crippen LogP contribution in [-0.4, -0.2) is 6.29 Å². The van der Waals surface area contributed by atoms with E-state index in [2.05, 4.69) is 33.8 Å². The van der Waals surface area contributed by atoms with Gasteiger partial charge in [0, 0.05) is 5.92 Å². The van der Waals surface area contributed by atoms with Gasteiger partial charge in [-0.25, -0.2) is 0 Å². The minimum Gasteiger partial charge on any atom is -0.472 e. The van der Waals surface area contributed by atoms with E-state index in [1.807, 2.05) is 6.26 Å². The van der Waals surface area contributed by atoms with Crippen LogP contribution in [0.5, 0.6) is 0 Å². The number of carbonyl (C=O) groups excluding carboxylic acids is 1. The van der Waals surface area contributed by atoms with Crippen molar-refractivity contribution in [2.45, 2.75) is 85.5 Å². The van der Waals surface area contributed by atoms with Crippen LogP contribution in [0.3, 0.4) is 0 Å². The predicted octanol–water partition coefficient (Wildman–Crippen LogP) is 6.69. The standard InChI is InChI=1S/C25H38O2/c1-23(2)12-5-13-25(4)21(23)10-14-24(3)20(8-6-18-11-15-27-17-18)19(16-26)7-9-22(24)25/h11,15-17,19-22H,5-10,12-14H2,1-4H3/t19-,20+,21?,22?,24-,25+/m1/s1. The van der Waals surface area contributed by atoms with Crippen molar-refractivity contribution >= 4 is 6.29 Å². The lowest BCUT2D eigenvalue weighted by Gasteiger charge is -2.66. The highest BCUT2D eigenvalue weighted by Gasteiger charge is 2.61. The van der Waals surface area contributed by atoms with Gasteiger partial charge in [0.1, 0.15) is 6.29 Å². The number of fused-ring (bicyclic) bond motifs is 3. The molecule has 0 amide bonds. The minimum absolute atomic E-state index is 0.245. The zero-order valence-corrected chi connectivity index (χ0v) is 17.8. The van der Waals surface area contributed by atoms with E-state index in [1.165, 1.54) is 50.4 Å². The number of hydrogen-bond acceptors (Lipinski definition) is 2. The molecule has 0 aromatic carbocycles. The number of furan rings is 1. The summed E-state index contributed by atoms with van der Waals surface area (Å²) in [5, 5.41) is 0. The maximum absolute atomic E-state index is 12.0. The molecular formula is C25H38O2. The van der Waals surface area contributed by atoms with Gasteiger partial charge in [0.15, 0.2) is 0 Å². The van der Waals surface area contributed by atoms with Crippen LogP contribution in [0, 0.1) is 39.9 Å². The Labute approximate surface area is 165 Å². The van der Waals surface area contributed by atoms with E-state index in [0.29, 0.717) is 22.2 Å². The van der Waals surface area contributed by atoms with Crippen molar-refractivity contribution in [1.29, 1.82) is 0 Å². The molecule has 6 atom stereocenters. The molecule has 1 aromatic heterocycles. The first kappa shape index (κ1) is 19.3. The molecule has 0 saturated heterocycles. The van der Waals surface area contributed by atoms with Gasteiger partial charge in [-0.3, -0.25) is 0 Å². The highest BCUT2D eigenvalue weighted by atomic mass is 16.3. The highest BCUT2D eigenvalue weighted by molar-refractivity contribution is 5.54. The highest BCUT2D eigenvalue weighted by Crippen LogP contribution is 2.69. The predicted molar refractivity (Wildman–Crippen MR) is 109 cm³/mol. The normalized spacial score (nSPS) is 43.6. The quantitative estimate of drug-likeness (QED) is 0.553. The topological polar surface area (TPSA) is 30.2 Å². The van der Waals surface area contributed by atoms with Crippen LogP contribution >= 0.6 is 0 Å². The Balaban J connectivity index is 1.63. The smallest absolute Gasteiger partial charge is 0.123 e. The van der Waals surface area contributed by atoms with Crippen LogP contribution in [-0.2, 0) is 11.2 Å². The van der Waals surface area contributed by atoms with Gasteiger partial charge in [-0.05, 0) is 97.0 Å². The summed E-state index contributed by atoms with van der Waals surface area (Å²) < 4.78 is 5.28. The Morgan fingerprint density at radius 2 is 1.85 bits per heavy atom. The van der Waals surface area contributed by atoms with E-state index in [4.69, 9.17) is 4.42 Å². The molecule has 3 aliphatic carbocycles. The van der Waals surface area contributed by atoms with Crippen LogP contribution in [0.4, 0.5) is 0 Å². The Morgan fingerprint density at radius 3 is 2.56 bits per heavy atom. The molecule has 4 rings (SSSR count). The fourth-order valence-electron chi connectivity index (χ4n) is 8.30. The van der Waals surface area contributed by atoms with Crippen molar-refractivity contribution < 1.29 is 9.21 Å².